The van der Waals surface area contributed by atoms with Gasteiger partial charge in [-0.15, -0.1) is 0 Å². The lowest BCUT2D eigenvalue weighted by atomic mass is 9.91. The van der Waals surface area contributed by atoms with Crippen LogP contribution in [-0.4, -0.2) is 31.0 Å². The molecule has 1 aliphatic rings. The maximum atomic E-state index is 13.7. The van der Waals surface area contributed by atoms with Crippen molar-refractivity contribution in [2.45, 2.75) is 63.1 Å². The van der Waals surface area contributed by atoms with Gasteiger partial charge < -0.3 is 4.90 Å². The molecular formula is C26H31ClN2O3S. The maximum absolute atomic E-state index is 13.7. The molecule has 2 aromatic carbocycles. The normalized spacial score (nSPS) is 18.6. The highest BCUT2D eigenvalue weighted by molar-refractivity contribution is 7.92. The van der Waals surface area contributed by atoms with Crippen LogP contribution in [0.25, 0.3) is 0 Å². The van der Waals surface area contributed by atoms with E-state index in [9.17, 15) is 18.5 Å². The minimum atomic E-state index is -3.63. The Labute approximate surface area is 202 Å². The van der Waals surface area contributed by atoms with Gasteiger partial charge in [-0.2, -0.15) is 5.26 Å². The summed E-state index contributed by atoms with van der Waals surface area (Å²) in [6, 6.07) is 16.4. The van der Waals surface area contributed by atoms with Gasteiger partial charge in [0.05, 0.1) is 27.5 Å². The Morgan fingerprint density at radius 3 is 2.36 bits per heavy atom. The number of halogens is 1. The Bertz CT molecular complexity index is 1120. The zero-order valence-electron chi connectivity index (χ0n) is 19.4. The quantitative estimate of drug-likeness (QED) is 0.489. The van der Waals surface area contributed by atoms with Crippen LogP contribution in [0.1, 0.15) is 50.7 Å². The number of carbonyl (C=O) groups excluding carboxylic acids is 1. The molecule has 33 heavy (non-hydrogen) atoms. The van der Waals surface area contributed by atoms with Gasteiger partial charge in [0, 0.05) is 18.1 Å². The highest BCUT2D eigenvalue weighted by atomic mass is 35.5. The first-order valence-corrected chi connectivity index (χ1v) is 13.2. The van der Waals surface area contributed by atoms with Crippen LogP contribution in [0.15, 0.2) is 53.4 Å². The predicted molar refractivity (Wildman–Crippen MR) is 130 cm³/mol. The molecule has 1 amide bonds. The van der Waals surface area contributed by atoms with Crippen LogP contribution in [0.4, 0.5) is 0 Å². The number of hydrogen-bond donors (Lipinski definition) is 0. The Kier molecular flexibility index (Phi) is 7.87. The first kappa shape index (κ1) is 25.3. The van der Waals surface area contributed by atoms with Crippen LogP contribution in [-0.2, 0) is 21.2 Å². The molecule has 0 bridgehead atoms. The molecule has 0 saturated heterocycles. The van der Waals surface area contributed by atoms with Crippen molar-refractivity contribution < 1.29 is 13.2 Å². The van der Waals surface area contributed by atoms with Gasteiger partial charge in [0.25, 0.3) is 0 Å². The van der Waals surface area contributed by atoms with Gasteiger partial charge in [-0.3, -0.25) is 4.79 Å². The Morgan fingerprint density at radius 2 is 1.76 bits per heavy atom. The molecule has 3 rings (SSSR count). The molecular weight excluding hydrogens is 456 g/mol. The van der Waals surface area contributed by atoms with E-state index < -0.39 is 26.4 Å². The Hall–Kier alpha value is -2.36. The van der Waals surface area contributed by atoms with Crippen molar-refractivity contribution >= 4 is 27.3 Å². The first-order chi connectivity index (χ1) is 15.5. The number of amides is 1. The number of nitriles is 1. The summed E-state index contributed by atoms with van der Waals surface area (Å²) in [5.74, 6) is -0.745. The number of rotatable bonds is 8. The Morgan fingerprint density at radius 1 is 1.12 bits per heavy atom. The predicted octanol–water partition coefficient (Wildman–Crippen LogP) is 5.56. The third-order valence-corrected chi connectivity index (χ3v) is 8.97. The molecule has 0 aromatic heterocycles. The molecule has 1 fully saturated rings. The average Bonchev–Trinajstić information content (AvgIpc) is 3.29. The van der Waals surface area contributed by atoms with Gasteiger partial charge in [0.1, 0.15) is 0 Å². The van der Waals surface area contributed by atoms with Gasteiger partial charge >= 0.3 is 0 Å². The van der Waals surface area contributed by atoms with Crippen molar-refractivity contribution in [3.63, 3.8) is 0 Å². The van der Waals surface area contributed by atoms with E-state index in [1.54, 1.807) is 41.3 Å². The van der Waals surface area contributed by atoms with Gasteiger partial charge in [0.15, 0.2) is 9.84 Å². The van der Waals surface area contributed by atoms with E-state index in [1.807, 2.05) is 32.9 Å². The summed E-state index contributed by atoms with van der Waals surface area (Å²) < 4.78 is 26.8. The molecule has 7 heteroatoms. The smallest absolute Gasteiger partial charge is 0.227 e. The number of nitrogens with zero attached hydrogens (tertiary/aromatic N) is 2. The second-order valence-electron chi connectivity index (χ2n) is 9.57. The highest BCUT2D eigenvalue weighted by Gasteiger charge is 2.43. The van der Waals surface area contributed by atoms with Crippen LogP contribution in [0.5, 0.6) is 0 Å². The molecule has 0 aliphatic heterocycles. The topological polar surface area (TPSA) is 78.2 Å². The molecule has 176 valence electrons. The van der Waals surface area contributed by atoms with E-state index in [0.717, 1.165) is 11.1 Å². The summed E-state index contributed by atoms with van der Waals surface area (Å²) in [4.78, 5) is 15.7. The molecule has 1 saturated carbocycles. The van der Waals surface area contributed by atoms with Gasteiger partial charge in [-0.25, -0.2) is 8.42 Å². The lowest BCUT2D eigenvalue weighted by molar-refractivity contribution is -0.136. The molecule has 2 atom stereocenters. The number of benzene rings is 2. The van der Waals surface area contributed by atoms with Gasteiger partial charge in [-0.1, -0.05) is 47.9 Å². The molecule has 0 N–H and O–H groups in total. The highest BCUT2D eigenvalue weighted by Crippen LogP contribution is 2.36. The molecule has 1 aliphatic carbocycles. The van der Waals surface area contributed by atoms with Crippen LogP contribution in [0.3, 0.4) is 0 Å². The maximum Gasteiger partial charge on any atom is 0.227 e. The fourth-order valence-corrected chi connectivity index (χ4v) is 6.42. The summed E-state index contributed by atoms with van der Waals surface area (Å²) in [6.07, 6.45) is 2.23. The summed E-state index contributed by atoms with van der Waals surface area (Å²) in [7, 11) is -3.63. The fraction of sp³-hybridized carbons (Fsp3) is 0.462. The van der Waals surface area contributed by atoms with Crippen LogP contribution in [0.2, 0.25) is 5.02 Å². The largest absolute Gasteiger partial charge is 0.338 e. The first-order valence-electron chi connectivity index (χ1n) is 11.3. The second kappa shape index (κ2) is 10.3. The summed E-state index contributed by atoms with van der Waals surface area (Å²) >= 11 is 6.01. The van der Waals surface area contributed by atoms with Crippen molar-refractivity contribution in [1.82, 2.24) is 4.90 Å². The lowest BCUT2D eigenvalue weighted by Gasteiger charge is -2.30. The van der Waals surface area contributed by atoms with Crippen LogP contribution >= 0.6 is 11.6 Å². The molecule has 5 nitrogen and oxygen atoms in total. The molecule has 0 heterocycles. The molecule has 0 spiro atoms. The van der Waals surface area contributed by atoms with E-state index in [1.165, 1.54) is 0 Å². The number of hydrogen-bond acceptors (Lipinski definition) is 4. The van der Waals surface area contributed by atoms with E-state index in [4.69, 9.17) is 11.6 Å². The van der Waals surface area contributed by atoms with Crippen LogP contribution in [0, 0.1) is 29.6 Å². The molecule has 0 radical (unpaired) electrons. The fourth-order valence-electron chi connectivity index (χ4n) is 4.26. The third-order valence-electron chi connectivity index (χ3n) is 6.43. The average molecular weight is 487 g/mol. The summed E-state index contributed by atoms with van der Waals surface area (Å²) in [5.41, 5.74) is 1.32. The van der Waals surface area contributed by atoms with Crippen LogP contribution < -0.4 is 0 Å². The van der Waals surface area contributed by atoms with Crippen molar-refractivity contribution in [3.05, 3.63) is 64.7 Å². The van der Waals surface area contributed by atoms with E-state index in [0.29, 0.717) is 43.8 Å². The number of aryl methyl sites for hydroxylation is 1. The zero-order valence-corrected chi connectivity index (χ0v) is 21.0. The van der Waals surface area contributed by atoms with Gasteiger partial charge in [-0.05, 0) is 69.9 Å². The van der Waals surface area contributed by atoms with E-state index in [2.05, 4.69) is 6.07 Å². The Balaban J connectivity index is 1.87. The van der Waals surface area contributed by atoms with Crippen molar-refractivity contribution in [2.24, 2.45) is 11.3 Å². The summed E-state index contributed by atoms with van der Waals surface area (Å²) in [6.45, 7) is 6.34. The monoisotopic (exact) mass is 486 g/mol. The second-order valence-corrected chi connectivity index (χ2v) is 12.2. The van der Waals surface area contributed by atoms with Gasteiger partial charge in [0.2, 0.25) is 5.91 Å². The van der Waals surface area contributed by atoms with Crippen molar-refractivity contribution in [3.8, 4) is 6.07 Å². The standard InChI is InChI=1S/C26H31ClN2O3S/c1-19-7-13-22(14-8-19)33(31,32)24-6-4-5-23(24)25(30)29(16-15-26(2,3)18-28)17-20-9-11-21(27)12-10-20/h7-14,23-24H,4-6,15-17H2,1-3H3/t23-,24-/m1/s1. The van der Waals surface area contributed by atoms with E-state index >= 15 is 0 Å². The van der Waals surface area contributed by atoms with Crippen molar-refractivity contribution in [2.75, 3.05) is 6.54 Å². The zero-order chi connectivity index (χ0) is 24.2. The van der Waals surface area contributed by atoms with E-state index in [-0.39, 0.29) is 10.8 Å². The SMILES string of the molecule is Cc1ccc(S(=O)(=O)[C@@H]2CCC[C@H]2C(=O)N(CCC(C)(C)C#N)Cc2ccc(Cl)cc2)cc1. The summed E-state index contributed by atoms with van der Waals surface area (Å²) in [5, 5.41) is 9.31. The minimum Gasteiger partial charge on any atom is -0.338 e. The number of carbonyl (C=O) groups is 1. The third kappa shape index (κ3) is 6.16. The molecule has 0 unspecified atom stereocenters. The lowest BCUT2D eigenvalue weighted by Crippen LogP contribution is -2.42. The van der Waals surface area contributed by atoms with Crippen molar-refractivity contribution in [1.29, 1.82) is 5.26 Å². The minimum absolute atomic E-state index is 0.156. The number of sulfone groups is 1. The molecule has 2 aromatic rings.